The van der Waals surface area contributed by atoms with Crippen LogP contribution in [0.2, 0.25) is 0 Å². The fraction of sp³-hybridized carbons (Fsp3) is 0.373. The third kappa shape index (κ3) is 5.78. The van der Waals surface area contributed by atoms with E-state index in [1.165, 1.54) is 16.7 Å². The molecule has 5 aliphatic rings. The summed E-state index contributed by atoms with van der Waals surface area (Å²) in [7, 11) is 0. The number of benzene rings is 4. The van der Waals surface area contributed by atoms with Crippen molar-refractivity contribution in [2.24, 2.45) is 5.41 Å². The summed E-state index contributed by atoms with van der Waals surface area (Å²) in [6, 6.07) is 24.3. The van der Waals surface area contributed by atoms with E-state index in [-0.39, 0.29) is 23.5 Å². The lowest BCUT2D eigenvalue weighted by Crippen LogP contribution is -2.60. The molecular formula is C51H53BN2O6. The van der Waals surface area contributed by atoms with Crippen LogP contribution in [0.15, 0.2) is 81.1 Å². The summed E-state index contributed by atoms with van der Waals surface area (Å²) in [5, 5.41) is 1.07. The first-order valence-corrected chi connectivity index (χ1v) is 21.8. The highest BCUT2D eigenvalue weighted by molar-refractivity contribution is 6.99. The third-order valence-electron chi connectivity index (χ3n) is 13.0. The van der Waals surface area contributed by atoms with Gasteiger partial charge in [0.25, 0.3) is 0 Å². The molecule has 4 aliphatic heterocycles. The van der Waals surface area contributed by atoms with E-state index >= 15 is 0 Å². The van der Waals surface area contributed by atoms with Crippen LogP contribution < -0.4 is 45.5 Å². The largest absolute Gasteiger partial charge is 0.490 e. The lowest BCUT2D eigenvalue weighted by Gasteiger charge is -2.41. The van der Waals surface area contributed by atoms with Crippen LogP contribution in [-0.2, 0) is 11.8 Å². The van der Waals surface area contributed by atoms with Gasteiger partial charge in [-0.05, 0) is 94.4 Å². The summed E-state index contributed by atoms with van der Waals surface area (Å²) in [5.41, 5.74) is 15.0. The number of hydrogen-bond donors (Lipinski definition) is 0. The Kier molecular flexibility index (Phi) is 8.34. The Morgan fingerprint density at radius 1 is 0.600 bits per heavy atom. The number of aryl methyl sites for hydroxylation is 1. The molecule has 11 rings (SSSR count). The topological polar surface area (TPSA) is 69.7 Å². The summed E-state index contributed by atoms with van der Waals surface area (Å²) >= 11 is 0. The van der Waals surface area contributed by atoms with Crippen molar-refractivity contribution in [3.8, 4) is 23.0 Å². The minimum Gasteiger partial charge on any atom is -0.490 e. The van der Waals surface area contributed by atoms with Crippen molar-refractivity contribution >= 4 is 74.7 Å². The van der Waals surface area contributed by atoms with Crippen LogP contribution in [0.3, 0.4) is 0 Å². The molecule has 0 amide bonds. The molecule has 1 aliphatic carbocycles. The SMILES string of the molecule is CC(C)c1cc2c3c(c1)N(c1ccc4c(c1)OCCCO4)c1c(oc4ccc(C(C)(C)C)cc14)B3c1oc3c(c1N2c1ccc2c(c1)OCCCO2)C=C(C(C)(C)C)CC3. The van der Waals surface area contributed by atoms with Gasteiger partial charge < -0.3 is 37.6 Å². The fourth-order valence-corrected chi connectivity index (χ4v) is 9.73. The predicted molar refractivity (Wildman–Crippen MR) is 242 cm³/mol. The second-order valence-electron chi connectivity index (χ2n) is 19.4. The van der Waals surface area contributed by atoms with Gasteiger partial charge in [-0.1, -0.05) is 67.0 Å². The minimum absolute atomic E-state index is 0.0110. The zero-order valence-corrected chi connectivity index (χ0v) is 36.1. The molecule has 0 fully saturated rings. The normalized spacial score (nSPS) is 16.8. The van der Waals surface area contributed by atoms with Gasteiger partial charge in [0.2, 0.25) is 0 Å². The zero-order valence-electron chi connectivity index (χ0n) is 36.1. The molecule has 0 saturated carbocycles. The standard InChI is InChI=1S/C51H53BN2O6/c1-29(2)30-23-37-45-38(24-30)54(34-14-18-42-44(28-34)58-22-10-20-56-42)47-36-26-32(51(6,7)8)12-16-40(36)60-49(47)52(45)48-46(35-25-31(50(3,4)5)11-15-39(35)59-48)53(37)33-13-17-41-43(27-33)57-21-9-19-55-41/h11,13-15,17-18,23-29H,9-10,12,16,19-22H2,1-8H3. The van der Waals surface area contributed by atoms with E-state index < -0.39 is 0 Å². The van der Waals surface area contributed by atoms with Crippen molar-refractivity contribution in [3.63, 3.8) is 0 Å². The number of anilines is 6. The van der Waals surface area contributed by atoms with Crippen molar-refractivity contribution in [1.29, 1.82) is 0 Å². The lowest BCUT2D eigenvalue weighted by atomic mass is 9.37. The second kappa shape index (κ2) is 13.4. The van der Waals surface area contributed by atoms with Crippen LogP contribution in [-0.4, -0.2) is 33.1 Å². The Bertz CT molecular complexity index is 2760. The molecule has 0 radical (unpaired) electrons. The maximum absolute atomic E-state index is 7.30. The summed E-state index contributed by atoms with van der Waals surface area (Å²) in [5.74, 6) is 4.31. The van der Waals surface area contributed by atoms with E-state index in [0.29, 0.717) is 26.4 Å². The Balaban J connectivity index is 1.25. The van der Waals surface area contributed by atoms with E-state index in [9.17, 15) is 0 Å². The van der Waals surface area contributed by atoms with Gasteiger partial charge in [0.1, 0.15) is 22.7 Å². The Morgan fingerprint density at radius 2 is 1.18 bits per heavy atom. The number of allylic oxidation sites excluding steroid dienone is 1. The summed E-state index contributed by atoms with van der Waals surface area (Å²) in [6.45, 7) is 20.5. The van der Waals surface area contributed by atoms with Crippen LogP contribution >= 0.6 is 0 Å². The molecule has 0 N–H and O–H groups in total. The molecule has 0 spiro atoms. The molecule has 306 valence electrons. The molecule has 8 nitrogen and oxygen atoms in total. The van der Waals surface area contributed by atoms with E-state index in [0.717, 1.165) is 122 Å². The smallest absolute Gasteiger partial charge is 0.342 e. The first kappa shape index (κ1) is 37.3. The first-order valence-electron chi connectivity index (χ1n) is 21.8. The summed E-state index contributed by atoms with van der Waals surface area (Å²) in [6.07, 6.45) is 5.88. The van der Waals surface area contributed by atoms with E-state index in [1.54, 1.807) is 0 Å². The van der Waals surface area contributed by atoms with Crippen molar-refractivity contribution in [3.05, 3.63) is 94.8 Å². The van der Waals surface area contributed by atoms with Gasteiger partial charge in [-0.25, -0.2) is 0 Å². The molecule has 6 heterocycles. The molecule has 4 aromatic carbocycles. The summed E-state index contributed by atoms with van der Waals surface area (Å²) < 4.78 is 39.6. The van der Waals surface area contributed by atoms with Gasteiger partial charge in [-0.3, -0.25) is 0 Å². The van der Waals surface area contributed by atoms with E-state index in [1.807, 2.05) is 0 Å². The molecule has 0 unspecified atom stereocenters. The summed E-state index contributed by atoms with van der Waals surface area (Å²) in [4.78, 5) is 4.86. The third-order valence-corrected chi connectivity index (χ3v) is 13.0. The average molecular weight is 801 g/mol. The molecule has 9 heteroatoms. The highest BCUT2D eigenvalue weighted by Gasteiger charge is 2.51. The average Bonchev–Trinajstić information content (AvgIpc) is 3.55. The van der Waals surface area contributed by atoms with E-state index in [4.69, 9.17) is 27.8 Å². The minimum atomic E-state index is -0.308. The fourth-order valence-electron chi connectivity index (χ4n) is 9.73. The van der Waals surface area contributed by atoms with Gasteiger partial charge in [0.05, 0.1) is 49.2 Å². The number of ether oxygens (including phenoxy) is 4. The number of rotatable bonds is 3. The molecule has 0 saturated heterocycles. The Morgan fingerprint density at radius 3 is 1.77 bits per heavy atom. The quantitative estimate of drug-likeness (QED) is 0.164. The van der Waals surface area contributed by atoms with Gasteiger partial charge in [-0.2, -0.15) is 0 Å². The second-order valence-corrected chi connectivity index (χ2v) is 19.4. The zero-order chi connectivity index (χ0) is 41.2. The molecule has 6 aromatic rings. The number of furan rings is 2. The molecular weight excluding hydrogens is 747 g/mol. The van der Waals surface area contributed by atoms with Crippen molar-refractivity contribution in [1.82, 2.24) is 0 Å². The predicted octanol–water partition coefficient (Wildman–Crippen LogP) is 11.2. The van der Waals surface area contributed by atoms with Gasteiger partial charge in [-0.15, -0.1) is 0 Å². The monoisotopic (exact) mass is 800 g/mol. The van der Waals surface area contributed by atoms with Gasteiger partial charge in [0.15, 0.2) is 23.0 Å². The van der Waals surface area contributed by atoms with Crippen molar-refractivity contribution in [2.75, 3.05) is 36.2 Å². The number of fused-ring (bicyclic) bond motifs is 10. The van der Waals surface area contributed by atoms with Crippen LogP contribution in [0.1, 0.15) is 103 Å². The molecule has 0 atom stereocenters. The maximum Gasteiger partial charge on any atom is 0.342 e. The highest BCUT2D eigenvalue weighted by Crippen LogP contribution is 2.52. The van der Waals surface area contributed by atoms with Crippen LogP contribution in [0.25, 0.3) is 17.0 Å². The van der Waals surface area contributed by atoms with Crippen molar-refractivity contribution < 1.29 is 27.8 Å². The Labute approximate surface area is 353 Å². The Hall–Kier alpha value is -5.70. The molecule has 60 heavy (non-hydrogen) atoms. The lowest BCUT2D eigenvalue weighted by molar-refractivity contribution is 0.296. The maximum atomic E-state index is 7.30. The number of nitrogens with zero attached hydrogens (tertiary/aromatic N) is 2. The molecule has 0 bridgehead atoms. The first-order chi connectivity index (χ1) is 28.8. The van der Waals surface area contributed by atoms with E-state index in [2.05, 4.69) is 138 Å². The highest BCUT2D eigenvalue weighted by atomic mass is 16.5. The van der Waals surface area contributed by atoms with Gasteiger partial charge >= 0.3 is 6.71 Å². The van der Waals surface area contributed by atoms with Crippen LogP contribution in [0.4, 0.5) is 34.1 Å². The number of hydrogen-bond acceptors (Lipinski definition) is 8. The molecule has 2 aromatic heterocycles. The van der Waals surface area contributed by atoms with Crippen molar-refractivity contribution in [2.45, 2.75) is 92.4 Å². The van der Waals surface area contributed by atoms with Crippen LogP contribution in [0, 0.1) is 5.41 Å². The van der Waals surface area contributed by atoms with Crippen LogP contribution in [0.5, 0.6) is 23.0 Å². The van der Waals surface area contributed by atoms with Gasteiger partial charge in [0, 0.05) is 53.7 Å².